The maximum Gasteiger partial charge on any atom is 0.341 e. The molecule has 0 aliphatic rings. The number of Topliss-reactive ketones (excluding diaryl/α,β-unsaturated/α-hetero) is 1. The number of ether oxygens (including phenoxy) is 1. The van der Waals surface area contributed by atoms with Crippen molar-refractivity contribution in [1.29, 1.82) is 0 Å². The normalized spacial score (nSPS) is 10.8. The van der Waals surface area contributed by atoms with Gasteiger partial charge >= 0.3 is 5.97 Å². The molecule has 0 fully saturated rings. The van der Waals surface area contributed by atoms with Crippen LogP contribution in [0.4, 0.5) is 0 Å². The first-order chi connectivity index (χ1) is 13.8. The summed E-state index contributed by atoms with van der Waals surface area (Å²) in [5.74, 6) is -2.98. The first kappa shape index (κ1) is 20.0. The topological polar surface area (TPSA) is 137 Å². The van der Waals surface area contributed by atoms with Crippen molar-refractivity contribution in [1.82, 2.24) is 14.6 Å². The van der Waals surface area contributed by atoms with Crippen molar-refractivity contribution in [3.8, 4) is 5.88 Å². The van der Waals surface area contributed by atoms with Crippen molar-refractivity contribution >= 4 is 23.2 Å². The Bertz CT molecular complexity index is 1110. The van der Waals surface area contributed by atoms with Crippen LogP contribution in [0.5, 0.6) is 5.88 Å². The van der Waals surface area contributed by atoms with Gasteiger partial charge < -0.3 is 15.6 Å². The Kier molecular flexibility index (Phi) is 5.58. The van der Waals surface area contributed by atoms with Gasteiger partial charge in [-0.1, -0.05) is 37.3 Å². The van der Waals surface area contributed by atoms with E-state index in [1.54, 1.807) is 6.92 Å². The number of benzene rings is 1. The molecule has 0 radical (unpaired) electrons. The van der Waals surface area contributed by atoms with Crippen molar-refractivity contribution in [3.05, 3.63) is 58.5 Å². The average molecular weight is 396 g/mol. The van der Waals surface area contributed by atoms with Gasteiger partial charge in [-0.2, -0.15) is 10.1 Å². The molecule has 0 saturated carbocycles. The molecule has 3 N–H and O–H groups in total. The number of aryl methyl sites for hydroxylation is 1. The Morgan fingerprint density at radius 1 is 1.21 bits per heavy atom. The molecule has 29 heavy (non-hydrogen) atoms. The summed E-state index contributed by atoms with van der Waals surface area (Å²) < 4.78 is 6.82. The number of rotatable bonds is 8. The second-order valence-electron chi connectivity index (χ2n) is 6.42. The number of carbonyl (C=O) groups excluding carboxylic acids is 2. The van der Waals surface area contributed by atoms with Gasteiger partial charge in [-0.05, 0) is 24.5 Å². The highest BCUT2D eigenvalue weighted by Crippen LogP contribution is 2.31. The van der Waals surface area contributed by atoms with Gasteiger partial charge in [0, 0.05) is 6.42 Å². The lowest BCUT2D eigenvalue weighted by Crippen LogP contribution is -2.24. The van der Waals surface area contributed by atoms with Crippen molar-refractivity contribution in [2.45, 2.75) is 26.7 Å². The molecule has 9 heteroatoms. The molecule has 2 heterocycles. The molecule has 2 aromatic heterocycles. The first-order valence-electron chi connectivity index (χ1n) is 8.97. The third kappa shape index (κ3) is 3.93. The molecule has 9 nitrogen and oxygen atoms in total. The highest BCUT2D eigenvalue weighted by atomic mass is 16.5. The minimum Gasteiger partial charge on any atom is -0.479 e. The van der Waals surface area contributed by atoms with Crippen LogP contribution in [0.2, 0.25) is 0 Å². The van der Waals surface area contributed by atoms with Crippen molar-refractivity contribution in [2.75, 3.05) is 6.61 Å². The molecule has 0 unspecified atom stereocenters. The van der Waals surface area contributed by atoms with Gasteiger partial charge in [0.2, 0.25) is 5.88 Å². The van der Waals surface area contributed by atoms with Crippen LogP contribution in [-0.2, 0) is 22.4 Å². The van der Waals surface area contributed by atoms with Gasteiger partial charge in [0.25, 0.3) is 11.7 Å². The molecule has 0 aliphatic carbocycles. The standard InChI is InChI=1S/C20H20N4O5/c1-3-13-14(9-12-7-5-4-6-8-12)24-17(16(13)18(27)19(21)28)20(22-11(2)23-24)29-10-15(25)26/h4-8H,3,9-10H2,1-2H3,(H2,21,28)(H,25,26). The van der Waals surface area contributed by atoms with E-state index in [0.717, 1.165) is 5.56 Å². The highest BCUT2D eigenvalue weighted by Gasteiger charge is 2.29. The number of hydrogen-bond acceptors (Lipinski definition) is 6. The number of aromatic nitrogens is 3. The molecule has 150 valence electrons. The van der Waals surface area contributed by atoms with E-state index < -0.39 is 24.3 Å². The number of carbonyl (C=O) groups is 3. The second kappa shape index (κ2) is 8.09. The van der Waals surface area contributed by atoms with E-state index in [-0.39, 0.29) is 17.0 Å². The van der Waals surface area contributed by atoms with E-state index >= 15 is 0 Å². The molecular weight excluding hydrogens is 376 g/mol. The van der Waals surface area contributed by atoms with Gasteiger partial charge in [-0.15, -0.1) is 0 Å². The summed E-state index contributed by atoms with van der Waals surface area (Å²) >= 11 is 0. The third-order valence-electron chi connectivity index (χ3n) is 4.42. The largest absolute Gasteiger partial charge is 0.479 e. The molecule has 0 saturated heterocycles. The zero-order valence-electron chi connectivity index (χ0n) is 16.0. The Morgan fingerprint density at radius 2 is 1.90 bits per heavy atom. The summed E-state index contributed by atoms with van der Waals surface area (Å²) in [6.07, 6.45) is 0.864. The van der Waals surface area contributed by atoms with E-state index in [9.17, 15) is 14.4 Å². The number of carboxylic acids is 1. The number of nitrogens with two attached hydrogens (primary N) is 1. The van der Waals surface area contributed by atoms with Crippen LogP contribution in [-0.4, -0.2) is 44.0 Å². The molecular formula is C20H20N4O5. The van der Waals surface area contributed by atoms with Crippen LogP contribution >= 0.6 is 0 Å². The number of carboxylic acid groups (broad SMARTS) is 1. The number of ketones is 1. The third-order valence-corrected chi connectivity index (χ3v) is 4.42. The van der Waals surface area contributed by atoms with E-state index in [2.05, 4.69) is 10.1 Å². The molecule has 3 aromatic rings. The van der Waals surface area contributed by atoms with Crippen LogP contribution < -0.4 is 10.5 Å². The van der Waals surface area contributed by atoms with E-state index in [1.807, 2.05) is 37.3 Å². The Labute approximate surface area is 166 Å². The van der Waals surface area contributed by atoms with Crippen molar-refractivity contribution in [3.63, 3.8) is 0 Å². The van der Waals surface area contributed by atoms with Crippen molar-refractivity contribution in [2.24, 2.45) is 5.73 Å². The second-order valence-corrected chi connectivity index (χ2v) is 6.42. The fraction of sp³-hybridized carbons (Fsp3) is 0.250. The number of nitrogens with zero attached hydrogens (tertiary/aromatic N) is 3. The molecule has 0 bridgehead atoms. The summed E-state index contributed by atoms with van der Waals surface area (Å²) in [5, 5.41) is 13.4. The van der Waals surface area contributed by atoms with Crippen LogP contribution in [0.1, 0.15) is 39.9 Å². The molecule has 0 aliphatic heterocycles. The predicted molar refractivity (Wildman–Crippen MR) is 103 cm³/mol. The van der Waals surface area contributed by atoms with Gasteiger partial charge in [0.05, 0.1) is 11.3 Å². The van der Waals surface area contributed by atoms with Crippen LogP contribution in [0.25, 0.3) is 5.52 Å². The SMILES string of the molecule is CCc1c(C(=O)C(N)=O)c2c(OCC(=O)O)nc(C)nn2c1Cc1ccccc1. The quantitative estimate of drug-likeness (QED) is 0.433. The fourth-order valence-electron chi connectivity index (χ4n) is 3.28. The summed E-state index contributed by atoms with van der Waals surface area (Å²) in [4.78, 5) is 39.5. The van der Waals surface area contributed by atoms with E-state index in [0.29, 0.717) is 29.9 Å². The maximum atomic E-state index is 12.7. The van der Waals surface area contributed by atoms with Crippen LogP contribution in [0, 0.1) is 6.92 Å². The average Bonchev–Trinajstić information content (AvgIpc) is 2.99. The van der Waals surface area contributed by atoms with Crippen molar-refractivity contribution < 1.29 is 24.2 Å². The molecule has 0 spiro atoms. The molecule has 1 aromatic carbocycles. The zero-order valence-corrected chi connectivity index (χ0v) is 16.0. The van der Waals surface area contributed by atoms with Gasteiger partial charge in [0.1, 0.15) is 11.3 Å². The van der Waals surface area contributed by atoms with E-state index in [4.69, 9.17) is 15.6 Å². The number of aliphatic carboxylic acids is 1. The molecule has 0 atom stereocenters. The Balaban J connectivity index is 2.33. The summed E-state index contributed by atoms with van der Waals surface area (Å²) in [7, 11) is 0. The minimum absolute atomic E-state index is 0.0475. The lowest BCUT2D eigenvalue weighted by atomic mass is 9.99. The first-order valence-corrected chi connectivity index (χ1v) is 8.97. The number of amides is 1. The molecule has 1 amide bonds. The fourth-order valence-corrected chi connectivity index (χ4v) is 3.28. The number of fused-ring (bicyclic) bond motifs is 1. The van der Waals surface area contributed by atoms with Gasteiger partial charge in [-0.3, -0.25) is 9.59 Å². The van der Waals surface area contributed by atoms with E-state index in [1.165, 1.54) is 4.52 Å². The Morgan fingerprint density at radius 3 is 2.48 bits per heavy atom. The number of primary amides is 1. The lowest BCUT2D eigenvalue weighted by molar-refractivity contribution is -0.139. The lowest BCUT2D eigenvalue weighted by Gasteiger charge is -2.08. The van der Waals surface area contributed by atoms with Crippen LogP contribution in [0.15, 0.2) is 30.3 Å². The van der Waals surface area contributed by atoms with Gasteiger partial charge in [0.15, 0.2) is 6.61 Å². The summed E-state index contributed by atoms with van der Waals surface area (Å²) in [6, 6.07) is 9.56. The van der Waals surface area contributed by atoms with Gasteiger partial charge in [-0.25, -0.2) is 9.31 Å². The predicted octanol–water partition coefficient (Wildman–Crippen LogP) is 1.32. The monoisotopic (exact) mass is 396 g/mol. The molecule has 3 rings (SSSR count). The summed E-state index contributed by atoms with van der Waals surface area (Å²) in [6.45, 7) is 2.82. The highest BCUT2D eigenvalue weighted by molar-refractivity contribution is 6.44. The van der Waals surface area contributed by atoms with Crippen LogP contribution in [0.3, 0.4) is 0 Å². The minimum atomic E-state index is -1.20. The maximum absolute atomic E-state index is 12.7. The Hall–Kier alpha value is -3.75. The summed E-state index contributed by atoms with van der Waals surface area (Å²) in [5.41, 5.74) is 7.72. The number of hydrogen-bond donors (Lipinski definition) is 2. The zero-order chi connectivity index (χ0) is 21.1. The smallest absolute Gasteiger partial charge is 0.341 e.